The number of pyridine rings is 1. The number of carbonyl (C=O) groups is 2. The number of carbonyl (C=O) groups excluding carboxylic acids is 2. The zero-order chi connectivity index (χ0) is 25.0. The largest absolute Gasteiger partial charge is 0.355 e. The van der Waals surface area contributed by atoms with E-state index in [1.54, 1.807) is 29.4 Å². The van der Waals surface area contributed by atoms with Gasteiger partial charge in [-0.25, -0.2) is 10.0 Å². The lowest BCUT2D eigenvalue weighted by atomic mass is 9.88. The van der Waals surface area contributed by atoms with Crippen LogP contribution in [0.5, 0.6) is 0 Å². The number of aromatic nitrogens is 1. The molecule has 0 bridgehead atoms. The molecule has 0 aliphatic carbocycles. The first-order chi connectivity index (χ1) is 16.9. The molecule has 2 amide bonds. The Hall–Kier alpha value is -3.73. The minimum absolute atomic E-state index is 0.0440. The van der Waals surface area contributed by atoms with Gasteiger partial charge >= 0.3 is 0 Å². The second kappa shape index (κ2) is 10.3. The number of halogens is 1. The second-order valence-corrected chi connectivity index (χ2v) is 8.53. The number of aliphatic imine (C=N–C) groups is 1. The van der Waals surface area contributed by atoms with Gasteiger partial charge in [-0.2, -0.15) is 0 Å². The summed E-state index contributed by atoms with van der Waals surface area (Å²) in [6.45, 7) is 1.55. The minimum atomic E-state index is -1.11. The van der Waals surface area contributed by atoms with E-state index < -0.39 is 18.2 Å². The number of nitrogens with one attached hydrogen (secondary N) is 3. The molecule has 1 aromatic heterocycles. The van der Waals surface area contributed by atoms with E-state index in [2.05, 4.69) is 46.6 Å². The summed E-state index contributed by atoms with van der Waals surface area (Å²) in [6, 6.07) is 2.27. The minimum Gasteiger partial charge on any atom is -0.355 e. The molecule has 186 valence electrons. The van der Waals surface area contributed by atoms with Crippen molar-refractivity contribution < 1.29 is 9.59 Å². The van der Waals surface area contributed by atoms with Crippen molar-refractivity contribution in [3.63, 3.8) is 0 Å². The summed E-state index contributed by atoms with van der Waals surface area (Å²) < 4.78 is 0. The Kier molecular flexibility index (Phi) is 7.15. The third-order valence-electron chi connectivity index (χ3n) is 5.99. The molecule has 0 saturated carbocycles. The average molecular weight is 505 g/mol. The molecule has 2 atom stereocenters. The molecule has 1 aromatic rings. The Labute approximate surface area is 204 Å². The number of rotatable bonds is 4. The Balaban J connectivity index is 1.38. The summed E-state index contributed by atoms with van der Waals surface area (Å²) in [7, 11) is 0. The van der Waals surface area contributed by atoms with Gasteiger partial charge in [-0.1, -0.05) is 22.0 Å². The van der Waals surface area contributed by atoms with Crippen molar-refractivity contribution >= 4 is 29.3 Å². The summed E-state index contributed by atoms with van der Waals surface area (Å²) in [5, 5.41) is 23.9. The first-order valence-corrected chi connectivity index (χ1v) is 11.0. The Morgan fingerprint density at radius 3 is 2.51 bits per heavy atom. The van der Waals surface area contributed by atoms with Crippen LogP contribution in [-0.4, -0.2) is 70.0 Å². The van der Waals surface area contributed by atoms with Gasteiger partial charge in [0.25, 0.3) is 11.8 Å². The summed E-state index contributed by atoms with van der Waals surface area (Å²) in [4.78, 5) is 35.5. The third kappa shape index (κ3) is 5.19. The third-order valence-corrected chi connectivity index (χ3v) is 6.27. The van der Waals surface area contributed by atoms with Gasteiger partial charge in [0.15, 0.2) is 17.0 Å². The smallest absolute Gasteiger partial charge is 0.253 e. The van der Waals surface area contributed by atoms with Crippen molar-refractivity contribution in [2.24, 2.45) is 43.2 Å². The van der Waals surface area contributed by atoms with Gasteiger partial charge in [0.05, 0.1) is 0 Å². The maximum atomic E-state index is 13.0. The second-order valence-electron chi connectivity index (χ2n) is 8.15. The highest BCUT2D eigenvalue weighted by Crippen LogP contribution is 2.28. The zero-order valence-corrected chi connectivity index (χ0v) is 19.3. The van der Waals surface area contributed by atoms with Crippen molar-refractivity contribution in [2.45, 2.75) is 30.7 Å². The molecule has 0 aromatic carbocycles. The standard InChI is InChI=1S/C18H25ClN14O2/c19-12-14(29-31-21)25-13(28-30-20)11(24-12)15(34)26-17-27-18(9-33(17)22)3-7-32(8-4-18)16(35)10-1-5-23-6-2-10/h1-2,5-6,11,17,24,27H,3-4,7-9,22H2,(H2,21,29)(H,26,34)(H2,20,25,28). The van der Waals surface area contributed by atoms with E-state index in [9.17, 15) is 9.59 Å². The quantitative estimate of drug-likeness (QED) is 0.122. The first-order valence-electron chi connectivity index (χ1n) is 10.6. The highest BCUT2D eigenvalue weighted by atomic mass is 35.5. The number of likely N-dealkylation sites (tertiary alicyclic amines) is 1. The Morgan fingerprint density at radius 2 is 1.86 bits per heavy atom. The predicted octanol–water partition coefficient (Wildman–Crippen LogP) is -1.38. The highest BCUT2D eigenvalue weighted by Gasteiger charge is 2.46. The number of nitrogens with zero attached hydrogens (tertiary/aromatic N) is 8. The molecule has 16 nitrogen and oxygen atoms in total. The van der Waals surface area contributed by atoms with Crippen LogP contribution in [0.3, 0.4) is 0 Å². The van der Waals surface area contributed by atoms with E-state index in [0.29, 0.717) is 38.0 Å². The number of amidine groups is 1. The van der Waals surface area contributed by atoms with Crippen LogP contribution in [0.1, 0.15) is 23.2 Å². The molecule has 3 aliphatic rings. The van der Waals surface area contributed by atoms with Crippen LogP contribution in [0.25, 0.3) is 0 Å². The Bertz CT molecular complexity index is 1080. The maximum absolute atomic E-state index is 13.0. The van der Waals surface area contributed by atoms with Crippen LogP contribution < -0.4 is 33.5 Å². The summed E-state index contributed by atoms with van der Waals surface area (Å²) in [5.41, 5.74) is 0.221. The Morgan fingerprint density at radius 1 is 1.17 bits per heavy atom. The van der Waals surface area contributed by atoms with Crippen LogP contribution in [0.2, 0.25) is 0 Å². The number of hydrogen-bond donors (Lipinski definition) is 6. The van der Waals surface area contributed by atoms with Crippen molar-refractivity contribution in [1.29, 1.82) is 0 Å². The summed E-state index contributed by atoms with van der Waals surface area (Å²) >= 11 is 6.09. The molecule has 4 rings (SSSR count). The first kappa shape index (κ1) is 24.4. The molecule has 1 spiro atoms. The number of piperidine rings is 1. The molecular weight excluding hydrogens is 480 g/mol. The maximum Gasteiger partial charge on any atom is 0.253 e. The lowest BCUT2D eigenvalue weighted by molar-refractivity contribution is -0.123. The van der Waals surface area contributed by atoms with E-state index in [1.165, 1.54) is 5.01 Å². The molecule has 2 fully saturated rings. The molecule has 0 radical (unpaired) electrons. The average Bonchev–Trinajstić information content (AvgIpc) is 3.15. The number of nitrogens with two attached hydrogens (primary N) is 3. The lowest BCUT2D eigenvalue weighted by Crippen LogP contribution is -2.60. The molecular formula is C18H25ClN14O2. The van der Waals surface area contributed by atoms with E-state index in [4.69, 9.17) is 29.1 Å². The van der Waals surface area contributed by atoms with Gasteiger partial charge in [0.2, 0.25) is 5.82 Å². The molecule has 4 heterocycles. The number of hydrazine groups is 1. The number of hydrogen-bond acceptors (Lipinski definition) is 12. The fraction of sp³-hybridized carbons (Fsp3) is 0.444. The monoisotopic (exact) mass is 504 g/mol. The van der Waals surface area contributed by atoms with Gasteiger partial charge in [0.1, 0.15) is 6.29 Å². The van der Waals surface area contributed by atoms with E-state index in [1.807, 2.05) is 0 Å². The van der Waals surface area contributed by atoms with Crippen LogP contribution in [0.4, 0.5) is 0 Å². The van der Waals surface area contributed by atoms with Crippen molar-refractivity contribution in [2.75, 3.05) is 19.6 Å². The molecule has 2 saturated heterocycles. The van der Waals surface area contributed by atoms with Crippen molar-refractivity contribution in [1.82, 2.24) is 30.8 Å². The molecule has 2 unspecified atom stereocenters. The van der Waals surface area contributed by atoms with Crippen LogP contribution >= 0.6 is 11.6 Å². The predicted molar refractivity (Wildman–Crippen MR) is 123 cm³/mol. The molecule has 9 N–H and O–H groups in total. The van der Waals surface area contributed by atoms with E-state index >= 15 is 0 Å². The number of amides is 2. The topological polar surface area (TPSA) is 229 Å². The molecule has 3 aliphatic heterocycles. The SMILES string of the molecule is NN=NC1=NC(N=NN)=C(Cl)NC1C(=O)NC1NC2(CCN(C(=O)c3ccncc3)CC2)CN1N. The van der Waals surface area contributed by atoms with Gasteiger partial charge < -0.3 is 27.2 Å². The van der Waals surface area contributed by atoms with Gasteiger partial charge in [0, 0.05) is 43.1 Å². The fourth-order valence-electron chi connectivity index (χ4n) is 4.23. The highest BCUT2D eigenvalue weighted by molar-refractivity contribution is 6.30. The normalized spacial score (nSPS) is 24.7. The summed E-state index contributed by atoms with van der Waals surface area (Å²) in [6.07, 6.45) is 3.81. The van der Waals surface area contributed by atoms with Crippen molar-refractivity contribution in [3.05, 3.63) is 41.1 Å². The summed E-state index contributed by atoms with van der Waals surface area (Å²) in [5.74, 6) is 15.7. The van der Waals surface area contributed by atoms with Crippen LogP contribution in [0.15, 0.2) is 61.2 Å². The van der Waals surface area contributed by atoms with Gasteiger partial charge in [-0.3, -0.25) is 25.7 Å². The van der Waals surface area contributed by atoms with E-state index in [-0.39, 0.29) is 28.3 Å². The van der Waals surface area contributed by atoms with Crippen LogP contribution in [0, 0.1) is 0 Å². The van der Waals surface area contributed by atoms with Crippen molar-refractivity contribution in [3.8, 4) is 0 Å². The molecule has 35 heavy (non-hydrogen) atoms. The lowest BCUT2D eigenvalue weighted by Gasteiger charge is -2.39. The van der Waals surface area contributed by atoms with Gasteiger partial charge in [-0.15, -0.1) is 10.2 Å². The molecule has 17 heteroatoms. The van der Waals surface area contributed by atoms with Gasteiger partial charge in [-0.05, 0) is 25.0 Å². The zero-order valence-electron chi connectivity index (χ0n) is 18.5. The van der Waals surface area contributed by atoms with Crippen LogP contribution in [-0.2, 0) is 4.79 Å². The van der Waals surface area contributed by atoms with E-state index in [0.717, 1.165) is 0 Å². The fourth-order valence-corrected chi connectivity index (χ4v) is 4.42.